The lowest BCUT2D eigenvalue weighted by atomic mass is 10.0. The lowest BCUT2D eigenvalue weighted by Crippen LogP contribution is -2.34. The molecule has 1 fully saturated rings. The van der Waals surface area contributed by atoms with Crippen molar-refractivity contribution < 1.29 is 33.6 Å². The number of hydrogen-bond acceptors (Lipinski definition) is 8. The van der Waals surface area contributed by atoms with Crippen molar-refractivity contribution >= 4 is 23.2 Å². The molecule has 1 saturated heterocycles. The number of benzene rings is 2. The van der Waals surface area contributed by atoms with Gasteiger partial charge in [-0.3, -0.25) is 4.90 Å². The number of hydrogen-bond donors (Lipinski definition) is 1. The van der Waals surface area contributed by atoms with E-state index in [4.69, 9.17) is 24.1 Å². The second-order valence-electron chi connectivity index (χ2n) is 9.11. The molecule has 0 saturated carbocycles. The second kappa shape index (κ2) is 12.2. The van der Waals surface area contributed by atoms with Crippen molar-refractivity contribution in [2.45, 2.75) is 53.1 Å². The maximum atomic E-state index is 12.6. The Hall–Kier alpha value is -3.79. The Kier molecular flexibility index (Phi) is 8.73. The Bertz CT molecular complexity index is 1270. The first-order valence-electron chi connectivity index (χ1n) is 13.1. The number of carboxylic acid groups (broad SMARTS) is 1. The van der Waals surface area contributed by atoms with Crippen LogP contribution in [0, 0.1) is 6.92 Å². The Morgan fingerprint density at radius 3 is 2.24 bits per heavy atom. The molecule has 2 aromatic carbocycles. The third-order valence-corrected chi connectivity index (χ3v) is 6.58. The van der Waals surface area contributed by atoms with Crippen LogP contribution >= 0.6 is 0 Å². The fourth-order valence-corrected chi connectivity index (χ4v) is 5.10. The summed E-state index contributed by atoms with van der Waals surface area (Å²) in [6.07, 6.45) is 0.541. The van der Waals surface area contributed by atoms with Gasteiger partial charge in [-0.2, -0.15) is 0 Å². The first-order chi connectivity index (χ1) is 18.3. The van der Waals surface area contributed by atoms with E-state index in [-0.39, 0.29) is 18.4 Å². The molecule has 204 valence electrons. The van der Waals surface area contributed by atoms with Gasteiger partial charge in [0.2, 0.25) is 0 Å². The highest BCUT2D eigenvalue weighted by atomic mass is 16.7. The molecular weight excluding hydrogens is 490 g/mol. The molecule has 3 aromatic rings. The summed E-state index contributed by atoms with van der Waals surface area (Å²) in [7, 11) is 0. The number of esters is 1. The average molecular weight is 526 g/mol. The molecule has 0 bridgehead atoms. The van der Waals surface area contributed by atoms with Gasteiger partial charge in [0, 0.05) is 31.7 Å². The molecule has 10 heteroatoms. The number of aromatic nitrogens is 2. The topological polar surface area (TPSA) is 112 Å². The van der Waals surface area contributed by atoms with E-state index >= 15 is 0 Å². The zero-order valence-corrected chi connectivity index (χ0v) is 22.4. The summed E-state index contributed by atoms with van der Waals surface area (Å²) in [4.78, 5) is 30.5. The van der Waals surface area contributed by atoms with E-state index in [1.54, 1.807) is 19.1 Å². The second-order valence-corrected chi connectivity index (χ2v) is 9.11. The third kappa shape index (κ3) is 6.02. The van der Waals surface area contributed by atoms with Crippen LogP contribution in [0.25, 0.3) is 11.0 Å². The zero-order chi connectivity index (χ0) is 27.2. The van der Waals surface area contributed by atoms with Crippen molar-refractivity contribution in [3.05, 3.63) is 47.3 Å². The minimum atomic E-state index is -1.34. The van der Waals surface area contributed by atoms with Gasteiger partial charge in [-0.15, -0.1) is 0 Å². The summed E-state index contributed by atoms with van der Waals surface area (Å²) in [6.45, 7) is 11.1. The van der Waals surface area contributed by atoms with Crippen LogP contribution in [0.1, 0.15) is 61.4 Å². The van der Waals surface area contributed by atoms with Crippen molar-refractivity contribution in [3.8, 4) is 17.2 Å². The van der Waals surface area contributed by atoms with Crippen molar-refractivity contribution in [1.29, 1.82) is 0 Å². The summed E-state index contributed by atoms with van der Waals surface area (Å²) in [5, 5.41) is 8.89. The standard InChI is InChI=1S/C28H35N3O7/c1-5-35-24-14-19(15-25(36-6-2)26(24)27(32)37-7-3)17-30-12-10-20(11-13-30)31-18(4)29-22-16-21(38-28(33)34)8-9-23(22)31/h8-9,14-16,20H,5-7,10-13,17H2,1-4H3,(H,33,34). The molecule has 38 heavy (non-hydrogen) atoms. The lowest BCUT2D eigenvalue weighted by Gasteiger charge is -2.33. The molecule has 0 atom stereocenters. The highest BCUT2D eigenvalue weighted by molar-refractivity contribution is 5.96. The van der Waals surface area contributed by atoms with Crippen LogP contribution in [0.3, 0.4) is 0 Å². The number of likely N-dealkylation sites (tertiary alicyclic amines) is 1. The molecule has 10 nitrogen and oxygen atoms in total. The molecule has 1 N–H and O–H groups in total. The zero-order valence-electron chi connectivity index (χ0n) is 22.4. The Morgan fingerprint density at radius 1 is 1.00 bits per heavy atom. The Balaban J connectivity index is 1.49. The van der Waals surface area contributed by atoms with Gasteiger partial charge in [-0.1, -0.05) is 0 Å². The van der Waals surface area contributed by atoms with Gasteiger partial charge >= 0.3 is 12.1 Å². The number of rotatable bonds is 10. The number of nitrogens with zero attached hydrogens (tertiary/aromatic N) is 3. The maximum Gasteiger partial charge on any atom is 0.511 e. The molecule has 0 spiro atoms. The van der Waals surface area contributed by atoms with Gasteiger partial charge in [0.05, 0.1) is 30.9 Å². The normalized spacial score (nSPS) is 14.4. The highest BCUT2D eigenvalue weighted by Gasteiger charge is 2.26. The van der Waals surface area contributed by atoms with E-state index < -0.39 is 12.1 Å². The van der Waals surface area contributed by atoms with Gasteiger partial charge < -0.3 is 28.6 Å². The number of fused-ring (bicyclic) bond motifs is 1. The fourth-order valence-electron chi connectivity index (χ4n) is 5.10. The number of aryl methyl sites for hydroxylation is 1. The molecule has 4 rings (SSSR count). The van der Waals surface area contributed by atoms with Crippen molar-refractivity contribution in [2.24, 2.45) is 0 Å². The van der Waals surface area contributed by atoms with Crippen LogP contribution in [0.2, 0.25) is 0 Å². The van der Waals surface area contributed by atoms with Crippen LogP contribution in [-0.2, 0) is 11.3 Å². The Morgan fingerprint density at radius 2 is 1.66 bits per heavy atom. The van der Waals surface area contributed by atoms with E-state index in [1.165, 1.54) is 0 Å². The van der Waals surface area contributed by atoms with E-state index in [0.29, 0.717) is 36.8 Å². The molecular formula is C28H35N3O7. The molecule has 2 heterocycles. The fraction of sp³-hybridized carbons (Fsp3) is 0.464. The Labute approximate surface area is 222 Å². The number of carbonyl (C=O) groups excluding carboxylic acids is 1. The maximum absolute atomic E-state index is 12.6. The van der Waals surface area contributed by atoms with E-state index in [0.717, 1.165) is 48.4 Å². The summed E-state index contributed by atoms with van der Waals surface area (Å²) in [5.41, 5.74) is 3.03. The largest absolute Gasteiger partial charge is 0.511 e. The van der Waals surface area contributed by atoms with Crippen molar-refractivity contribution in [3.63, 3.8) is 0 Å². The average Bonchev–Trinajstić information content (AvgIpc) is 3.19. The van der Waals surface area contributed by atoms with Crippen LogP contribution in [0.15, 0.2) is 30.3 Å². The summed E-state index contributed by atoms with van der Waals surface area (Å²) < 4.78 is 23.9. The summed E-state index contributed by atoms with van der Waals surface area (Å²) in [5.74, 6) is 1.66. The minimum absolute atomic E-state index is 0.260. The van der Waals surface area contributed by atoms with Crippen LogP contribution in [-0.4, -0.2) is 64.6 Å². The van der Waals surface area contributed by atoms with Crippen LogP contribution in [0.5, 0.6) is 17.2 Å². The van der Waals surface area contributed by atoms with Crippen molar-refractivity contribution in [1.82, 2.24) is 14.5 Å². The first-order valence-corrected chi connectivity index (χ1v) is 13.1. The van der Waals surface area contributed by atoms with E-state index in [2.05, 4.69) is 14.5 Å². The summed E-state index contributed by atoms with van der Waals surface area (Å²) in [6, 6.07) is 9.30. The molecule has 1 aliphatic rings. The molecule has 1 aromatic heterocycles. The SMILES string of the molecule is CCOC(=O)c1c(OCC)cc(CN2CCC(n3c(C)nc4cc(OC(=O)O)ccc43)CC2)cc1OCC. The molecule has 1 aliphatic heterocycles. The number of imidazole rings is 1. The van der Waals surface area contributed by atoms with Gasteiger partial charge in [0.25, 0.3) is 0 Å². The highest BCUT2D eigenvalue weighted by Crippen LogP contribution is 2.34. The van der Waals surface area contributed by atoms with Crippen LogP contribution in [0.4, 0.5) is 4.79 Å². The lowest BCUT2D eigenvalue weighted by molar-refractivity contribution is 0.0517. The summed E-state index contributed by atoms with van der Waals surface area (Å²) >= 11 is 0. The van der Waals surface area contributed by atoms with Gasteiger partial charge in [0.15, 0.2) is 0 Å². The van der Waals surface area contributed by atoms with E-state index in [1.807, 2.05) is 39.0 Å². The smallest absolute Gasteiger partial charge is 0.493 e. The van der Waals surface area contributed by atoms with E-state index in [9.17, 15) is 9.59 Å². The third-order valence-electron chi connectivity index (χ3n) is 6.58. The molecule has 0 amide bonds. The first kappa shape index (κ1) is 27.3. The molecule has 0 unspecified atom stereocenters. The number of carbonyl (C=O) groups is 2. The van der Waals surface area contributed by atoms with Gasteiger partial charge in [0.1, 0.15) is 28.6 Å². The molecule has 0 aliphatic carbocycles. The van der Waals surface area contributed by atoms with Crippen molar-refractivity contribution in [2.75, 3.05) is 32.9 Å². The van der Waals surface area contributed by atoms with Gasteiger partial charge in [-0.05, 0) is 70.4 Å². The van der Waals surface area contributed by atoms with Gasteiger partial charge in [-0.25, -0.2) is 14.6 Å². The minimum Gasteiger partial charge on any atom is -0.493 e. The van der Waals surface area contributed by atoms with Crippen LogP contribution < -0.4 is 14.2 Å². The quantitative estimate of drug-likeness (QED) is 0.281. The number of piperidine rings is 1. The number of ether oxygens (including phenoxy) is 4. The monoisotopic (exact) mass is 525 g/mol. The molecule has 0 radical (unpaired) electrons. The predicted octanol–water partition coefficient (Wildman–Crippen LogP) is 5.21. The predicted molar refractivity (Wildman–Crippen MR) is 141 cm³/mol.